The molecule has 10 rings (SSSR count). The Hall–Kier alpha value is -5.97. The minimum Gasteiger partial charge on any atom is -0.381 e. The van der Waals surface area contributed by atoms with Gasteiger partial charge in [0.1, 0.15) is 17.4 Å². The van der Waals surface area contributed by atoms with E-state index in [1.165, 1.54) is 19.8 Å². The van der Waals surface area contributed by atoms with Crippen LogP contribution in [0.5, 0.6) is 0 Å². The van der Waals surface area contributed by atoms with E-state index in [-0.39, 0.29) is 47.1 Å². The minimum atomic E-state index is -2.86. The highest BCUT2D eigenvalue weighted by Gasteiger charge is 2.45. The number of fused-ring (bicyclic) bond motifs is 2. The van der Waals surface area contributed by atoms with E-state index in [1.807, 2.05) is 24.3 Å². The number of nitrogens with zero attached hydrogens (tertiary/aromatic N) is 10. The quantitative estimate of drug-likeness (QED) is 0.163. The van der Waals surface area contributed by atoms with Crippen molar-refractivity contribution in [3.05, 3.63) is 70.2 Å². The lowest BCUT2D eigenvalue weighted by Gasteiger charge is -2.52. The summed E-state index contributed by atoms with van der Waals surface area (Å²) in [5.41, 5.74) is 1.92. The Kier molecular flexibility index (Phi) is 11.3. The number of aromatic nitrogens is 7. The molecular formula is C45H52F2N12O5. The fourth-order valence-corrected chi connectivity index (χ4v) is 10.4. The molecule has 4 aliphatic heterocycles. The van der Waals surface area contributed by atoms with E-state index >= 15 is 0 Å². The number of piperazine rings is 1. The molecule has 1 atom stereocenters. The van der Waals surface area contributed by atoms with Gasteiger partial charge in [0.25, 0.3) is 12.3 Å². The van der Waals surface area contributed by atoms with E-state index in [2.05, 4.69) is 47.4 Å². The molecule has 336 valence electrons. The third-order valence-electron chi connectivity index (χ3n) is 13.9. The summed E-state index contributed by atoms with van der Waals surface area (Å²) in [5.74, 6) is 6.43. The lowest BCUT2D eigenvalue weighted by atomic mass is 9.75. The Labute approximate surface area is 367 Å². The summed E-state index contributed by atoms with van der Waals surface area (Å²) in [6.45, 7) is 8.34. The van der Waals surface area contributed by atoms with E-state index in [4.69, 9.17) is 9.72 Å². The second kappa shape index (κ2) is 17.2. The van der Waals surface area contributed by atoms with Crippen molar-refractivity contribution in [2.75, 3.05) is 75.8 Å². The number of imide groups is 1. The zero-order valence-corrected chi connectivity index (χ0v) is 35.8. The molecule has 1 saturated carbocycles. The van der Waals surface area contributed by atoms with Crippen LogP contribution in [0.15, 0.2) is 47.7 Å². The molecule has 4 saturated heterocycles. The fraction of sp³-hybridized carbons (Fsp3) is 0.533. The van der Waals surface area contributed by atoms with Crippen molar-refractivity contribution in [1.29, 1.82) is 0 Å². The lowest BCUT2D eigenvalue weighted by molar-refractivity contribution is -0.135. The Morgan fingerprint density at radius 3 is 2.59 bits per heavy atom. The minimum absolute atomic E-state index is 0.00582. The Balaban J connectivity index is 0.712. The molecule has 19 heteroatoms. The SMILES string of the molecule is Cn1c(=O)n(C2CCC(=O)NC2=O)c2cccc(C#CCN3CCN(C[C@H]4CC[C@H](n5cc(NC(=O)c6cnn7ccc(N8CC9(CCCOC9)C8)nc67)c(C(F)F)n5)CC4)CC3)c21. The molecule has 4 aromatic heterocycles. The maximum absolute atomic E-state index is 14.3. The van der Waals surface area contributed by atoms with Crippen molar-refractivity contribution in [2.24, 2.45) is 18.4 Å². The Morgan fingerprint density at radius 1 is 1.05 bits per heavy atom. The predicted molar refractivity (Wildman–Crippen MR) is 232 cm³/mol. The molecule has 17 nitrogen and oxygen atoms in total. The van der Waals surface area contributed by atoms with Crippen LogP contribution in [0.4, 0.5) is 20.3 Å². The van der Waals surface area contributed by atoms with Crippen LogP contribution < -0.4 is 21.2 Å². The topological polar surface area (TPSA) is 169 Å². The predicted octanol–water partition coefficient (Wildman–Crippen LogP) is 3.76. The number of imidazole rings is 1. The van der Waals surface area contributed by atoms with Crippen LogP contribution in [0.25, 0.3) is 16.7 Å². The highest BCUT2D eigenvalue weighted by molar-refractivity contribution is 6.08. The van der Waals surface area contributed by atoms with Crippen LogP contribution in [-0.4, -0.2) is 127 Å². The maximum atomic E-state index is 14.3. The third-order valence-corrected chi connectivity index (χ3v) is 13.9. The van der Waals surface area contributed by atoms with E-state index in [0.717, 1.165) is 103 Å². The summed E-state index contributed by atoms with van der Waals surface area (Å²) in [6, 6.07) is 6.60. The summed E-state index contributed by atoms with van der Waals surface area (Å²) >= 11 is 0. The van der Waals surface area contributed by atoms with Crippen molar-refractivity contribution in [1.82, 2.24) is 48.6 Å². The molecule has 0 bridgehead atoms. The zero-order chi connectivity index (χ0) is 44.1. The van der Waals surface area contributed by atoms with Gasteiger partial charge in [-0.05, 0) is 69.1 Å². The molecule has 0 radical (unpaired) electrons. The standard InChI is InChI=1S/C45H52F2N12O5/c1-53-39-30(5-2-7-34(39)59(44(53)63)35-12-13-37(60)51-43(35)62)6-3-16-54-18-20-55(21-19-54)24-29-8-10-31(11-9-29)58-25-33(38(52-58)40(46)47)49-42(61)32-23-48-57-17-14-36(50-41(32)57)56-26-45(27-56)15-4-22-64-28-45/h2,5,7,14,17,23,25,29,31,35,40H,4,8-13,15-16,18-22,24,26-28H2,1H3,(H,49,61)(H,51,60,62)/t29-,31-,35?. The lowest BCUT2D eigenvalue weighted by Crippen LogP contribution is -2.60. The monoisotopic (exact) mass is 878 g/mol. The third kappa shape index (κ3) is 8.07. The second-order valence-corrected chi connectivity index (χ2v) is 18.2. The van der Waals surface area contributed by atoms with E-state index in [1.54, 1.807) is 24.1 Å². The average Bonchev–Trinajstić information content (AvgIpc) is 3.98. The molecule has 1 unspecified atom stereocenters. The number of carbonyl (C=O) groups is 3. The van der Waals surface area contributed by atoms with Crippen LogP contribution in [-0.2, 0) is 21.4 Å². The van der Waals surface area contributed by atoms with Crippen LogP contribution in [0, 0.1) is 23.2 Å². The first-order chi connectivity index (χ1) is 31.0. The fourth-order valence-electron chi connectivity index (χ4n) is 10.4. The number of nitrogens with one attached hydrogen (secondary N) is 2. The normalized spacial score (nSPS) is 23.1. The van der Waals surface area contributed by atoms with Crippen LogP contribution in [0.2, 0.25) is 0 Å². The van der Waals surface area contributed by atoms with Gasteiger partial charge in [-0.25, -0.2) is 23.1 Å². The molecule has 5 aliphatic rings. The number of carbonyl (C=O) groups excluding carboxylic acids is 3. The number of benzene rings is 1. The molecule has 3 amide bonds. The average molecular weight is 879 g/mol. The molecule has 64 heavy (non-hydrogen) atoms. The molecule has 8 heterocycles. The van der Waals surface area contributed by atoms with Gasteiger partial charge in [0.2, 0.25) is 11.8 Å². The van der Waals surface area contributed by atoms with Gasteiger partial charge >= 0.3 is 5.69 Å². The number of halogens is 2. The van der Waals surface area contributed by atoms with Gasteiger partial charge < -0.3 is 19.9 Å². The number of hydrogen-bond donors (Lipinski definition) is 2. The van der Waals surface area contributed by atoms with Gasteiger partial charge in [0.15, 0.2) is 11.3 Å². The molecule has 5 aromatic rings. The number of hydrogen-bond acceptors (Lipinski definition) is 11. The highest BCUT2D eigenvalue weighted by Crippen LogP contribution is 2.40. The molecule has 5 fully saturated rings. The number of amides is 3. The number of alkyl halides is 2. The zero-order valence-electron chi connectivity index (χ0n) is 35.8. The number of piperidine rings is 1. The Morgan fingerprint density at radius 2 is 1.84 bits per heavy atom. The number of aryl methyl sites for hydroxylation is 1. The summed E-state index contributed by atoms with van der Waals surface area (Å²) < 4.78 is 40.5. The molecule has 1 aliphatic carbocycles. The van der Waals surface area contributed by atoms with Gasteiger partial charge in [-0.15, -0.1) is 0 Å². The van der Waals surface area contributed by atoms with Crippen LogP contribution >= 0.6 is 0 Å². The second-order valence-electron chi connectivity index (χ2n) is 18.2. The van der Waals surface area contributed by atoms with E-state index < -0.39 is 30.0 Å². The van der Waals surface area contributed by atoms with Crippen molar-refractivity contribution in [3.8, 4) is 11.8 Å². The van der Waals surface area contributed by atoms with E-state index in [0.29, 0.717) is 34.7 Å². The maximum Gasteiger partial charge on any atom is 0.329 e. The van der Waals surface area contributed by atoms with Gasteiger partial charge in [-0.1, -0.05) is 17.9 Å². The van der Waals surface area contributed by atoms with Crippen LogP contribution in [0.3, 0.4) is 0 Å². The van der Waals surface area contributed by atoms with Gasteiger partial charge in [-0.2, -0.15) is 10.2 Å². The molecular weight excluding hydrogens is 827 g/mol. The number of ether oxygens (including phenoxy) is 1. The largest absolute Gasteiger partial charge is 0.381 e. The Bertz CT molecular complexity index is 2720. The number of rotatable bonds is 9. The van der Waals surface area contributed by atoms with E-state index in [9.17, 15) is 28.0 Å². The summed E-state index contributed by atoms with van der Waals surface area (Å²) in [4.78, 5) is 63.0. The smallest absolute Gasteiger partial charge is 0.329 e. The molecule has 1 aromatic carbocycles. The summed E-state index contributed by atoms with van der Waals surface area (Å²) in [5, 5.41) is 13.7. The highest BCUT2D eigenvalue weighted by atomic mass is 19.3. The molecule has 2 N–H and O–H groups in total. The van der Waals surface area contributed by atoms with Gasteiger partial charge in [0, 0.05) is 83.7 Å². The molecule has 1 spiro atoms. The van der Waals surface area contributed by atoms with Crippen molar-refractivity contribution < 1.29 is 27.9 Å². The van der Waals surface area contributed by atoms with Crippen LogP contribution in [0.1, 0.15) is 91.5 Å². The number of para-hydroxylation sites is 1. The summed E-state index contributed by atoms with van der Waals surface area (Å²) in [6.07, 6.45) is 7.98. The summed E-state index contributed by atoms with van der Waals surface area (Å²) in [7, 11) is 1.68. The van der Waals surface area contributed by atoms with Crippen molar-refractivity contribution in [2.45, 2.75) is 69.9 Å². The first-order valence-corrected chi connectivity index (χ1v) is 22.4. The van der Waals surface area contributed by atoms with Crippen molar-refractivity contribution in [3.63, 3.8) is 0 Å². The first-order valence-electron chi connectivity index (χ1n) is 22.4. The van der Waals surface area contributed by atoms with Gasteiger partial charge in [-0.3, -0.25) is 38.4 Å². The first kappa shape index (κ1) is 42.0. The number of anilines is 2. The van der Waals surface area contributed by atoms with Gasteiger partial charge in [0.05, 0.1) is 47.7 Å². The van der Waals surface area contributed by atoms with Crippen molar-refractivity contribution >= 4 is 45.9 Å².